The van der Waals surface area contributed by atoms with Crippen LogP contribution in [0.25, 0.3) is 6.08 Å². The van der Waals surface area contributed by atoms with Crippen molar-refractivity contribution in [2.75, 3.05) is 0 Å². The van der Waals surface area contributed by atoms with E-state index in [-0.39, 0.29) is 0 Å². The number of carboxylic acid groups (broad SMARTS) is 1. The van der Waals surface area contributed by atoms with E-state index in [1.54, 1.807) is 20.8 Å². The van der Waals surface area contributed by atoms with Crippen LogP contribution in [0, 0.1) is 5.41 Å². The van der Waals surface area contributed by atoms with Crippen molar-refractivity contribution in [2.45, 2.75) is 27.3 Å². The van der Waals surface area contributed by atoms with Gasteiger partial charge in [-0.25, -0.2) is 0 Å². The van der Waals surface area contributed by atoms with E-state index in [2.05, 4.69) is 35.7 Å². The van der Waals surface area contributed by atoms with E-state index >= 15 is 0 Å². The fourth-order valence-electron chi connectivity index (χ4n) is 1.18. The van der Waals surface area contributed by atoms with E-state index in [1.165, 1.54) is 11.1 Å². The summed E-state index contributed by atoms with van der Waals surface area (Å²) in [5.41, 5.74) is 2.13. The highest BCUT2D eigenvalue weighted by Gasteiger charge is 2.18. The van der Waals surface area contributed by atoms with Crippen LogP contribution in [0.1, 0.15) is 31.9 Å². The Morgan fingerprint density at radius 1 is 1.29 bits per heavy atom. The minimum Gasteiger partial charge on any atom is -0.481 e. The van der Waals surface area contributed by atoms with Crippen molar-refractivity contribution in [3.05, 3.63) is 41.6 Å². The normalized spacial score (nSPS) is 12.9. The van der Waals surface area contributed by atoms with Gasteiger partial charge >= 0.3 is 5.97 Å². The van der Waals surface area contributed by atoms with Crippen LogP contribution < -0.4 is 5.32 Å². The molecular formula is C14H19NO2. The molecule has 1 aromatic carbocycles. The van der Waals surface area contributed by atoms with Crippen LogP contribution in [-0.4, -0.2) is 11.1 Å². The number of hydrogen-bond donors (Lipinski definition) is 2. The number of carbonyl (C=O) groups is 1. The van der Waals surface area contributed by atoms with Gasteiger partial charge in [-0.05, 0) is 44.2 Å². The molecule has 0 atom stereocenters. The summed E-state index contributed by atoms with van der Waals surface area (Å²) in [6.45, 7) is 5.95. The lowest BCUT2D eigenvalue weighted by molar-refractivity contribution is -0.145. The molecule has 3 nitrogen and oxygen atoms in total. The molecule has 1 aliphatic rings. The van der Waals surface area contributed by atoms with Crippen molar-refractivity contribution in [3.8, 4) is 0 Å². The third-order valence-electron chi connectivity index (χ3n) is 2.37. The highest BCUT2D eigenvalue weighted by molar-refractivity contribution is 5.72. The van der Waals surface area contributed by atoms with Crippen LogP contribution >= 0.6 is 0 Å². The second kappa shape index (κ2) is 5.53. The lowest BCUT2D eigenvalue weighted by Crippen LogP contribution is -2.18. The molecule has 3 heteroatoms. The summed E-state index contributed by atoms with van der Waals surface area (Å²) in [4.78, 5) is 10.0. The maximum Gasteiger partial charge on any atom is 0.308 e. The molecule has 0 bridgehead atoms. The number of nitrogens with one attached hydrogen (secondary N) is 1. The monoisotopic (exact) mass is 233 g/mol. The van der Waals surface area contributed by atoms with Gasteiger partial charge in [0.1, 0.15) is 0 Å². The summed E-state index contributed by atoms with van der Waals surface area (Å²) in [5.74, 6) is -0.757. The van der Waals surface area contributed by atoms with Gasteiger partial charge in [0, 0.05) is 6.54 Å². The number of fused-ring (bicyclic) bond motifs is 1. The summed E-state index contributed by atoms with van der Waals surface area (Å²) in [6.07, 6.45) is 4.08. The van der Waals surface area contributed by atoms with Crippen molar-refractivity contribution < 1.29 is 9.90 Å². The molecule has 0 aromatic heterocycles. The third kappa shape index (κ3) is 4.31. The van der Waals surface area contributed by atoms with Crippen molar-refractivity contribution in [2.24, 2.45) is 5.41 Å². The van der Waals surface area contributed by atoms with Gasteiger partial charge in [-0.2, -0.15) is 0 Å². The Kier molecular flexibility index (Phi) is 4.32. The van der Waals surface area contributed by atoms with Crippen LogP contribution in [0.4, 0.5) is 0 Å². The lowest BCUT2D eigenvalue weighted by Gasteiger charge is -2.10. The van der Waals surface area contributed by atoms with Gasteiger partial charge in [0.15, 0.2) is 0 Å². The van der Waals surface area contributed by atoms with E-state index < -0.39 is 11.4 Å². The average molecular weight is 233 g/mol. The Hall–Kier alpha value is -1.77. The summed E-state index contributed by atoms with van der Waals surface area (Å²) >= 11 is 0. The van der Waals surface area contributed by atoms with Crippen LogP contribution in [-0.2, 0) is 11.3 Å². The Morgan fingerprint density at radius 2 is 1.88 bits per heavy atom. The van der Waals surface area contributed by atoms with Crippen LogP contribution in [0.5, 0.6) is 0 Å². The Labute approximate surface area is 102 Å². The highest BCUT2D eigenvalue weighted by atomic mass is 16.4. The van der Waals surface area contributed by atoms with Crippen LogP contribution in [0.2, 0.25) is 0 Å². The molecule has 1 aromatic rings. The highest BCUT2D eigenvalue weighted by Crippen LogP contribution is 2.12. The molecule has 2 N–H and O–H groups in total. The van der Waals surface area contributed by atoms with Crippen LogP contribution in [0.15, 0.2) is 30.5 Å². The topological polar surface area (TPSA) is 49.3 Å². The number of hydrogen-bond acceptors (Lipinski definition) is 2. The summed E-state index contributed by atoms with van der Waals surface area (Å²) in [6, 6.07) is 8.41. The maximum absolute atomic E-state index is 10.0. The van der Waals surface area contributed by atoms with Crippen molar-refractivity contribution in [1.82, 2.24) is 5.32 Å². The Morgan fingerprint density at radius 3 is 2.41 bits per heavy atom. The Balaban J connectivity index is 0.000000185. The second-order valence-electron chi connectivity index (χ2n) is 4.97. The zero-order valence-electron chi connectivity index (χ0n) is 10.5. The predicted octanol–water partition coefficient (Wildman–Crippen LogP) is 2.88. The molecule has 0 unspecified atom stereocenters. The van der Waals surface area contributed by atoms with Crippen molar-refractivity contribution in [1.29, 1.82) is 0 Å². The average Bonchev–Trinajstić information content (AvgIpc) is 2.29. The fourth-order valence-corrected chi connectivity index (χ4v) is 1.18. The van der Waals surface area contributed by atoms with E-state index in [0.29, 0.717) is 0 Å². The zero-order chi connectivity index (χ0) is 12.9. The second-order valence-corrected chi connectivity index (χ2v) is 4.97. The quantitative estimate of drug-likeness (QED) is 0.724. The first-order valence-electron chi connectivity index (χ1n) is 5.62. The van der Waals surface area contributed by atoms with E-state index in [1.807, 2.05) is 6.20 Å². The smallest absolute Gasteiger partial charge is 0.308 e. The largest absolute Gasteiger partial charge is 0.481 e. The number of aliphatic carboxylic acids is 1. The first kappa shape index (κ1) is 13.3. The molecule has 0 saturated heterocycles. The third-order valence-corrected chi connectivity index (χ3v) is 2.37. The van der Waals surface area contributed by atoms with Gasteiger partial charge in [0.25, 0.3) is 0 Å². The minimum absolute atomic E-state index is 0.583. The predicted molar refractivity (Wildman–Crippen MR) is 69.4 cm³/mol. The first-order valence-corrected chi connectivity index (χ1v) is 5.62. The fraction of sp³-hybridized carbons (Fsp3) is 0.357. The van der Waals surface area contributed by atoms with E-state index in [4.69, 9.17) is 5.11 Å². The molecule has 0 aliphatic carbocycles. The van der Waals surface area contributed by atoms with Gasteiger partial charge in [-0.3, -0.25) is 4.79 Å². The van der Waals surface area contributed by atoms with E-state index in [9.17, 15) is 4.79 Å². The van der Waals surface area contributed by atoms with E-state index in [0.717, 1.165) is 6.54 Å². The van der Waals surface area contributed by atoms with Gasteiger partial charge in [0.2, 0.25) is 0 Å². The summed E-state index contributed by atoms with van der Waals surface area (Å²) in [7, 11) is 0. The minimum atomic E-state index is -0.757. The van der Waals surface area contributed by atoms with Crippen LogP contribution in [0.3, 0.4) is 0 Å². The molecule has 1 heterocycles. The molecule has 0 radical (unpaired) electrons. The molecule has 0 saturated carbocycles. The molecule has 17 heavy (non-hydrogen) atoms. The van der Waals surface area contributed by atoms with Gasteiger partial charge in [-0.1, -0.05) is 24.3 Å². The lowest BCUT2D eigenvalue weighted by atomic mass is 9.98. The number of benzene rings is 1. The van der Waals surface area contributed by atoms with Gasteiger partial charge < -0.3 is 10.4 Å². The number of carboxylic acids is 1. The SMILES string of the molecule is C1=Cc2ccccc2CN1.CC(C)(C)C(=O)O. The molecule has 2 rings (SSSR count). The molecule has 1 aliphatic heterocycles. The molecule has 92 valence electrons. The summed E-state index contributed by atoms with van der Waals surface area (Å²) < 4.78 is 0. The Bertz CT molecular complexity index is 416. The van der Waals surface area contributed by atoms with Crippen molar-refractivity contribution >= 4 is 12.0 Å². The maximum atomic E-state index is 10.0. The van der Waals surface area contributed by atoms with Crippen molar-refractivity contribution in [3.63, 3.8) is 0 Å². The molecule has 0 amide bonds. The molecular weight excluding hydrogens is 214 g/mol. The standard InChI is InChI=1S/C9H9N.C5H10O2/c1-2-4-9-7-10-6-5-8(9)3-1;1-5(2,3)4(6)7/h1-6,10H,7H2;1-3H3,(H,6,7). The zero-order valence-corrected chi connectivity index (χ0v) is 10.5. The van der Waals surface area contributed by atoms with Gasteiger partial charge in [-0.15, -0.1) is 0 Å². The first-order chi connectivity index (χ1) is 7.91. The molecule has 0 fully saturated rings. The van der Waals surface area contributed by atoms with Gasteiger partial charge in [0.05, 0.1) is 5.41 Å². The number of rotatable bonds is 0. The summed E-state index contributed by atoms with van der Waals surface area (Å²) in [5, 5.41) is 11.4. The molecule has 0 spiro atoms.